The molecule has 0 spiro atoms. The Balaban J connectivity index is 1.58. The Kier molecular flexibility index (Phi) is 7.04. The number of anilines is 1. The molecule has 3 aromatic heterocycles. The van der Waals surface area contributed by atoms with Crippen molar-refractivity contribution in [3.05, 3.63) is 35.7 Å². The number of hydrogen-bond acceptors (Lipinski definition) is 8. The van der Waals surface area contributed by atoms with Gasteiger partial charge in [0.25, 0.3) is 0 Å². The summed E-state index contributed by atoms with van der Waals surface area (Å²) in [5.74, 6) is 7.94. The normalized spacial score (nSPS) is 19.0. The van der Waals surface area contributed by atoms with E-state index < -0.39 is 5.60 Å². The molecular weight excluding hydrogens is 466 g/mol. The lowest BCUT2D eigenvalue weighted by Gasteiger charge is -2.38. The summed E-state index contributed by atoms with van der Waals surface area (Å²) in [7, 11) is 1.79. The van der Waals surface area contributed by atoms with E-state index in [1.165, 1.54) is 0 Å². The Morgan fingerprint density at radius 3 is 2.51 bits per heavy atom. The summed E-state index contributed by atoms with van der Waals surface area (Å²) >= 11 is 0. The van der Waals surface area contributed by atoms with Crippen molar-refractivity contribution in [3.8, 4) is 0 Å². The Labute approximate surface area is 219 Å². The van der Waals surface area contributed by atoms with Gasteiger partial charge in [-0.15, -0.1) is 0 Å². The van der Waals surface area contributed by atoms with E-state index in [2.05, 4.69) is 27.7 Å². The first kappa shape index (κ1) is 25.8. The van der Waals surface area contributed by atoms with Crippen molar-refractivity contribution in [1.82, 2.24) is 19.5 Å². The quantitative estimate of drug-likeness (QED) is 0.343. The monoisotopic (exact) mass is 507 g/mol. The summed E-state index contributed by atoms with van der Waals surface area (Å²) < 4.78 is 7.96. The van der Waals surface area contributed by atoms with Gasteiger partial charge in [-0.05, 0) is 76.5 Å². The van der Waals surface area contributed by atoms with E-state index in [-0.39, 0.29) is 0 Å². The fraction of sp³-hybridized carbons (Fsp3) is 0.571. The molecule has 37 heavy (non-hydrogen) atoms. The van der Waals surface area contributed by atoms with Crippen LogP contribution in [0.5, 0.6) is 0 Å². The molecule has 0 bridgehead atoms. The number of hydrogen-bond donors (Lipinski definition) is 3. The first-order valence-corrected chi connectivity index (χ1v) is 13.4. The molecule has 2 saturated heterocycles. The maximum Gasteiger partial charge on any atom is 0.145 e. The third kappa shape index (κ3) is 5.12. The maximum absolute atomic E-state index is 10.5. The lowest BCUT2D eigenvalue weighted by Crippen LogP contribution is -2.42. The third-order valence-electron chi connectivity index (χ3n) is 8.13. The van der Waals surface area contributed by atoms with Crippen molar-refractivity contribution in [2.45, 2.75) is 58.6 Å². The lowest BCUT2D eigenvalue weighted by atomic mass is 9.83. The van der Waals surface area contributed by atoms with E-state index in [1.807, 2.05) is 27.0 Å². The minimum atomic E-state index is -0.643. The number of ether oxygens (including phenoxy) is 1. The Morgan fingerprint density at radius 1 is 1.19 bits per heavy atom. The molecule has 0 atom stereocenters. The number of piperidine rings is 1. The van der Waals surface area contributed by atoms with Crippen molar-refractivity contribution in [2.75, 3.05) is 38.3 Å². The third-order valence-corrected chi connectivity index (χ3v) is 8.13. The molecule has 2 aliphatic rings. The molecule has 9 heteroatoms. The first-order valence-electron chi connectivity index (χ1n) is 13.4. The first-order chi connectivity index (χ1) is 17.6. The Hall–Kier alpha value is -2.88. The average Bonchev–Trinajstić information content (AvgIpc) is 3.16. The van der Waals surface area contributed by atoms with Crippen LogP contribution < -0.4 is 16.5 Å². The number of pyridine rings is 2. The van der Waals surface area contributed by atoms with Gasteiger partial charge in [-0.3, -0.25) is 4.98 Å². The maximum atomic E-state index is 10.5. The molecule has 200 valence electrons. The second kappa shape index (κ2) is 10.1. The molecule has 5 N–H and O–H groups in total. The predicted octanol–water partition coefficient (Wildman–Crippen LogP) is 3.45. The van der Waals surface area contributed by atoms with E-state index in [0.717, 1.165) is 97.7 Å². The van der Waals surface area contributed by atoms with Crippen LogP contribution in [0.4, 0.5) is 5.82 Å². The highest BCUT2D eigenvalue weighted by atomic mass is 16.5. The molecule has 0 radical (unpaired) electrons. The molecule has 9 nitrogen and oxygen atoms in total. The summed E-state index contributed by atoms with van der Waals surface area (Å²) in [5, 5.41) is 13.1. The highest BCUT2D eigenvalue weighted by Crippen LogP contribution is 2.34. The van der Waals surface area contributed by atoms with Crippen molar-refractivity contribution in [3.63, 3.8) is 0 Å². The van der Waals surface area contributed by atoms with Gasteiger partial charge in [-0.1, -0.05) is 0 Å². The van der Waals surface area contributed by atoms with E-state index in [0.29, 0.717) is 17.5 Å². The topological polar surface area (TPSA) is 119 Å². The SMILES string of the molecule is C/C(N)=C(\c1cnc2c3ccc(N4CCC(C(C)(C)O)CC4)nc3n(CC3CCOCC3)c2c1)N(C)N. The van der Waals surface area contributed by atoms with Gasteiger partial charge in [-0.25, -0.2) is 10.8 Å². The van der Waals surface area contributed by atoms with E-state index >= 15 is 0 Å². The number of aliphatic hydroxyl groups is 1. The number of hydrazine groups is 1. The van der Waals surface area contributed by atoms with Crippen molar-refractivity contribution < 1.29 is 9.84 Å². The molecule has 0 aromatic carbocycles. The van der Waals surface area contributed by atoms with E-state index in [9.17, 15) is 5.11 Å². The zero-order chi connectivity index (χ0) is 26.3. The van der Waals surface area contributed by atoms with Crippen LogP contribution in [-0.2, 0) is 11.3 Å². The van der Waals surface area contributed by atoms with Crippen LogP contribution in [0.3, 0.4) is 0 Å². The predicted molar refractivity (Wildman–Crippen MR) is 149 cm³/mol. The van der Waals surface area contributed by atoms with Gasteiger partial charge < -0.3 is 30.1 Å². The number of fused-ring (bicyclic) bond motifs is 3. The number of allylic oxidation sites excluding steroid dienone is 1. The highest BCUT2D eigenvalue weighted by Gasteiger charge is 2.31. The fourth-order valence-corrected chi connectivity index (χ4v) is 6.01. The molecule has 0 unspecified atom stereocenters. The van der Waals surface area contributed by atoms with Crippen molar-refractivity contribution in [2.24, 2.45) is 23.4 Å². The van der Waals surface area contributed by atoms with Gasteiger partial charge in [0, 0.05) is 62.7 Å². The van der Waals surface area contributed by atoms with E-state index in [1.54, 1.807) is 12.1 Å². The fourth-order valence-electron chi connectivity index (χ4n) is 6.01. The van der Waals surface area contributed by atoms with Gasteiger partial charge in [-0.2, -0.15) is 0 Å². The van der Waals surface area contributed by atoms with Crippen LogP contribution in [-0.4, -0.2) is 63.6 Å². The number of rotatable bonds is 6. The molecule has 0 aliphatic carbocycles. The smallest absolute Gasteiger partial charge is 0.145 e. The highest BCUT2D eigenvalue weighted by molar-refractivity contribution is 6.05. The second-order valence-corrected chi connectivity index (χ2v) is 11.4. The zero-order valence-corrected chi connectivity index (χ0v) is 22.6. The van der Waals surface area contributed by atoms with Crippen LogP contribution in [0.25, 0.3) is 27.8 Å². The summed E-state index contributed by atoms with van der Waals surface area (Å²) in [4.78, 5) is 12.5. The minimum absolute atomic E-state index is 0.309. The summed E-state index contributed by atoms with van der Waals surface area (Å²) in [5.41, 5.74) is 10.8. The van der Waals surface area contributed by atoms with Crippen LogP contribution in [0.1, 0.15) is 52.0 Å². The molecular formula is C28H41N7O2. The summed E-state index contributed by atoms with van der Waals surface area (Å²) in [6, 6.07) is 6.42. The molecule has 0 amide bonds. The lowest BCUT2D eigenvalue weighted by molar-refractivity contribution is 0.00646. The molecule has 2 aliphatic heterocycles. The second-order valence-electron chi connectivity index (χ2n) is 11.4. The molecule has 5 rings (SSSR count). The minimum Gasteiger partial charge on any atom is -0.401 e. The molecule has 3 aromatic rings. The van der Waals surface area contributed by atoms with E-state index in [4.69, 9.17) is 26.3 Å². The van der Waals surface area contributed by atoms with Gasteiger partial charge in [0.2, 0.25) is 0 Å². The summed E-state index contributed by atoms with van der Waals surface area (Å²) in [6.07, 6.45) is 5.84. The zero-order valence-electron chi connectivity index (χ0n) is 22.6. The Bertz CT molecular complexity index is 1290. The standard InChI is InChI=1S/C28H41N7O2/c1-18(29)26(33(4)30)20-15-23-25(31-16-20)22-5-6-24(34-11-7-21(8-12-34)28(2,3)36)32-27(22)35(23)17-19-9-13-37-14-10-19/h5-6,15-16,19,21,36H,7-14,17,29-30H2,1-4H3/b26-18-. The van der Waals surface area contributed by atoms with Gasteiger partial charge >= 0.3 is 0 Å². The van der Waals surface area contributed by atoms with Crippen LogP contribution in [0, 0.1) is 11.8 Å². The number of nitrogens with zero attached hydrogens (tertiary/aromatic N) is 5. The molecule has 2 fully saturated rings. The number of nitrogens with two attached hydrogens (primary N) is 2. The number of aromatic nitrogens is 3. The van der Waals surface area contributed by atoms with Gasteiger partial charge in [0.1, 0.15) is 11.5 Å². The largest absolute Gasteiger partial charge is 0.401 e. The van der Waals surface area contributed by atoms with Gasteiger partial charge in [0.05, 0.1) is 22.3 Å². The van der Waals surface area contributed by atoms with Crippen LogP contribution >= 0.6 is 0 Å². The van der Waals surface area contributed by atoms with Gasteiger partial charge in [0.15, 0.2) is 0 Å². The average molecular weight is 508 g/mol. The molecule has 0 saturated carbocycles. The van der Waals surface area contributed by atoms with Crippen molar-refractivity contribution in [1.29, 1.82) is 0 Å². The Morgan fingerprint density at radius 2 is 1.89 bits per heavy atom. The summed E-state index contributed by atoms with van der Waals surface area (Å²) in [6.45, 7) is 9.95. The van der Waals surface area contributed by atoms with Crippen molar-refractivity contribution >= 4 is 33.6 Å². The van der Waals surface area contributed by atoms with Crippen LogP contribution in [0.2, 0.25) is 0 Å². The molecule has 5 heterocycles. The van der Waals surface area contributed by atoms with Crippen LogP contribution in [0.15, 0.2) is 30.1 Å².